The Labute approximate surface area is 263 Å². The number of nitrogens with zero attached hydrogens (tertiary/aromatic N) is 5. The average molecular weight is 697 g/mol. The molecule has 1 rings (SSSR count). The van der Waals surface area contributed by atoms with Crippen molar-refractivity contribution in [2.75, 3.05) is 47.6 Å². The van der Waals surface area contributed by atoms with Crippen molar-refractivity contribution in [1.29, 1.82) is 0 Å². The molecule has 9 N–H and O–H groups in total. The van der Waals surface area contributed by atoms with E-state index in [4.69, 9.17) is 15.9 Å². The van der Waals surface area contributed by atoms with Crippen molar-refractivity contribution in [1.82, 2.24) is 14.9 Å². The Morgan fingerprint density at radius 3 is 1.83 bits per heavy atom. The van der Waals surface area contributed by atoms with Crippen molar-refractivity contribution >= 4 is 100.0 Å². The van der Waals surface area contributed by atoms with Gasteiger partial charge in [0.15, 0.2) is 40.0 Å². The highest BCUT2D eigenvalue weighted by molar-refractivity contribution is 9.09. The Morgan fingerprint density at radius 1 is 1.12 bits per heavy atom. The van der Waals surface area contributed by atoms with E-state index in [1.165, 1.54) is 18.0 Å². The fourth-order valence-corrected chi connectivity index (χ4v) is 1.81. The van der Waals surface area contributed by atoms with E-state index in [1.807, 2.05) is 56.3 Å². The van der Waals surface area contributed by atoms with Crippen molar-refractivity contribution in [3.63, 3.8) is 0 Å². The Kier molecular flexibility index (Phi) is 31.6. The molecule has 0 unspecified atom stereocenters. The third-order valence-corrected chi connectivity index (χ3v) is 3.60. The highest BCUT2D eigenvalue weighted by Crippen LogP contribution is 1.88. The molecule has 0 saturated heterocycles. The van der Waals surface area contributed by atoms with E-state index in [0.29, 0.717) is 29.2 Å². The van der Waals surface area contributed by atoms with Gasteiger partial charge in [0.2, 0.25) is 0 Å². The lowest BCUT2D eigenvalue weighted by atomic mass is 10.3. The lowest BCUT2D eigenvalue weighted by Crippen LogP contribution is -2.18. The number of H-pyrrole nitrogens is 1. The SMILES string of the molecule is CN(C)C=C(C=[N+](C)C)C=[N+](C)C.NC(=S)N=CC(C=O)=CO.NC(N)=S.O=C(O)CBr.O=Cc1cnc(=S)[nH]c1. The molecule has 0 atom stereocenters. The van der Waals surface area contributed by atoms with Gasteiger partial charge in [0.1, 0.15) is 39.1 Å². The van der Waals surface area contributed by atoms with Gasteiger partial charge in [-0.2, -0.15) is 0 Å². The molecule has 0 aliphatic rings. The first kappa shape index (κ1) is 44.3. The number of aliphatic imine (C=N–C) groups is 1. The van der Waals surface area contributed by atoms with E-state index in [0.717, 1.165) is 6.21 Å². The van der Waals surface area contributed by atoms with E-state index < -0.39 is 5.97 Å². The number of nitrogens with one attached hydrogen (secondary N) is 1. The molecule has 228 valence electrons. The molecule has 0 amide bonds. The molecule has 1 heterocycles. The molecule has 1 aromatic rings. The highest BCUT2D eigenvalue weighted by Gasteiger charge is 1.99. The van der Waals surface area contributed by atoms with Crippen molar-refractivity contribution < 1.29 is 33.7 Å². The molecular weight excluding hydrogens is 658 g/mol. The maximum Gasteiger partial charge on any atom is 0.314 e. The number of aromatic nitrogens is 2. The van der Waals surface area contributed by atoms with Gasteiger partial charge in [-0.1, -0.05) is 15.9 Å². The number of aromatic amines is 1. The van der Waals surface area contributed by atoms with Crippen LogP contribution in [0.3, 0.4) is 0 Å². The summed E-state index contributed by atoms with van der Waals surface area (Å²) in [6.07, 6.45) is 12.0. The van der Waals surface area contributed by atoms with Crippen molar-refractivity contribution in [3.8, 4) is 0 Å². The Hall–Kier alpha value is -3.74. The number of halogens is 1. The molecule has 0 radical (unpaired) electrons. The summed E-state index contributed by atoms with van der Waals surface area (Å²) in [6.45, 7) is 0. The number of allylic oxidation sites excluding steroid dienone is 2. The zero-order valence-electron chi connectivity index (χ0n) is 23.6. The standard InChI is InChI=1S/C10H21N3.C5H6N2O2S.C5H4N2OS.C2H3BrO2.CH4N2S/c1-11(2)7-10(8-12(3)4)9-13(5)6;6-5(10)7-1-4(2-8)3-9;8-3-4-1-6-5(9)7-2-4;3-1-2(4)5;2-1(3)4/h7-9H,1-6H3;1-3,8H,(H2,6,10);1-3H,(H,6,7,9);1H2,(H,4,5);(H4,2,3,4)/q+2;;;;. The van der Waals surface area contributed by atoms with Crippen LogP contribution in [0.15, 0.2) is 41.0 Å². The summed E-state index contributed by atoms with van der Waals surface area (Å²) in [6, 6.07) is 0. The summed E-state index contributed by atoms with van der Waals surface area (Å²) in [5, 5.41) is 15.9. The number of carbonyl (C=O) groups is 3. The minimum Gasteiger partial charge on any atom is -0.515 e. The maximum atomic E-state index is 10.0. The van der Waals surface area contributed by atoms with Crippen LogP contribution in [0.5, 0.6) is 0 Å². The van der Waals surface area contributed by atoms with Crippen LogP contribution >= 0.6 is 52.6 Å². The maximum absolute atomic E-state index is 10.0. The third kappa shape index (κ3) is 43.6. The van der Waals surface area contributed by atoms with Gasteiger partial charge in [-0.25, -0.2) is 19.1 Å². The monoisotopic (exact) mass is 695 g/mol. The van der Waals surface area contributed by atoms with Crippen LogP contribution in [0.4, 0.5) is 0 Å². The van der Waals surface area contributed by atoms with Crippen LogP contribution in [0.25, 0.3) is 0 Å². The molecule has 41 heavy (non-hydrogen) atoms. The largest absolute Gasteiger partial charge is 0.515 e. The Morgan fingerprint density at radius 2 is 1.59 bits per heavy atom. The number of hydrogen-bond donors (Lipinski definition) is 6. The number of nitrogens with two attached hydrogens (primary N) is 3. The summed E-state index contributed by atoms with van der Waals surface area (Å²) in [5.41, 5.74) is 15.9. The lowest BCUT2D eigenvalue weighted by Gasteiger charge is -2.03. The fourth-order valence-electron chi connectivity index (χ4n) is 1.64. The Bertz CT molecular complexity index is 1130. The summed E-state index contributed by atoms with van der Waals surface area (Å²) in [4.78, 5) is 41.0. The van der Waals surface area contributed by atoms with E-state index in [1.54, 1.807) is 0 Å². The molecule has 0 aliphatic carbocycles. The number of aliphatic hydroxyl groups excluding tert-OH is 1. The minimum atomic E-state index is -0.829. The smallest absolute Gasteiger partial charge is 0.314 e. The van der Waals surface area contributed by atoms with Gasteiger partial charge >= 0.3 is 5.97 Å². The summed E-state index contributed by atoms with van der Waals surface area (Å²) >= 11 is 15.8. The number of carboxylic acid groups (broad SMARTS) is 1. The number of rotatable bonds is 7. The molecule has 0 bridgehead atoms. The van der Waals surface area contributed by atoms with E-state index in [2.05, 4.69) is 97.6 Å². The average Bonchev–Trinajstić information content (AvgIpc) is 2.84. The number of alkyl halides is 1. The van der Waals surface area contributed by atoms with Gasteiger partial charge in [0.25, 0.3) is 0 Å². The number of hydrogen-bond acceptors (Lipinski definition) is 9. The van der Waals surface area contributed by atoms with Crippen molar-refractivity contribution in [2.45, 2.75) is 0 Å². The first-order valence-corrected chi connectivity index (χ1v) is 13.2. The lowest BCUT2D eigenvalue weighted by molar-refractivity contribution is -0.462. The zero-order valence-corrected chi connectivity index (χ0v) is 27.6. The summed E-state index contributed by atoms with van der Waals surface area (Å²) in [5.74, 6) is -0.829. The van der Waals surface area contributed by atoms with Gasteiger partial charge in [-0.05, 0) is 36.7 Å². The van der Waals surface area contributed by atoms with Crippen LogP contribution in [-0.2, 0) is 9.59 Å². The van der Waals surface area contributed by atoms with Gasteiger partial charge in [0, 0.05) is 44.5 Å². The highest BCUT2D eigenvalue weighted by atomic mass is 79.9. The molecular formula is C23H38BrN9O5S3+2. The number of aliphatic carboxylic acids is 1. The number of carbonyl (C=O) groups excluding carboxylic acids is 2. The van der Waals surface area contributed by atoms with Crippen LogP contribution < -0.4 is 17.2 Å². The number of thiocarbonyl (C=S) groups is 2. The molecule has 0 spiro atoms. The molecule has 0 fully saturated rings. The molecule has 14 nitrogen and oxygen atoms in total. The van der Waals surface area contributed by atoms with Crippen LogP contribution in [0.2, 0.25) is 0 Å². The molecule has 18 heteroatoms. The summed E-state index contributed by atoms with van der Waals surface area (Å²) < 4.78 is 4.46. The van der Waals surface area contributed by atoms with E-state index >= 15 is 0 Å². The summed E-state index contributed by atoms with van der Waals surface area (Å²) in [7, 11) is 12.1. The Balaban J connectivity index is -0.000000221. The molecule has 1 aromatic heterocycles. The van der Waals surface area contributed by atoms with Crippen molar-refractivity contribution in [2.24, 2.45) is 22.2 Å². The van der Waals surface area contributed by atoms with Crippen LogP contribution in [0.1, 0.15) is 10.4 Å². The molecule has 0 aromatic carbocycles. The van der Waals surface area contributed by atoms with E-state index in [-0.39, 0.29) is 21.1 Å². The van der Waals surface area contributed by atoms with Crippen LogP contribution in [-0.4, -0.2) is 129 Å². The quantitative estimate of drug-likeness (QED) is 0.0440. The molecule has 0 saturated carbocycles. The second kappa shape index (κ2) is 29.2. The minimum absolute atomic E-state index is 0.000000000000000222. The number of aldehydes is 2. The second-order valence-electron chi connectivity index (χ2n) is 7.52. The van der Waals surface area contributed by atoms with Gasteiger partial charge in [0.05, 0.1) is 11.8 Å². The van der Waals surface area contributed by atoms with E-state index in [9.17, 15) is 14.4 Å². The fraction of sp³-hybridized carbons (Fsp3) is 0.304. The number of aliphatic hydroxyl groups is 1. The predicted octanol–water partition coefficient (Wildman–Crippen LogP) is 0.666. The topological polar surface area (TPSA) is 220 Å². The zero-order chi connectivity index (χ0) is 33.0. The van der Waals surface area contributed by atoms with Crippen LogP contribution in [0, 0.1) is 4.77 Å². The van der Waals surface area contributed by atoms with Gasteiger partial charge < -0.3 is 37.3 Å². The first-order chi connectivity index (χ1) is 18.9. The van der Waals surface area contributed by atoms with Gasteiger partial charge in [-0.3, -0.25) is 14.4 Å². The normalized spacial score (nSPS) is 9.10. The molecule has 0 aliphatic heterocycles. The second-order valence-corrected chi connectivity index (χ2v) is 9.36. The number of carboxylic acids is 1. The first-order valence-electron chi connectivity index (χ1n) is 10.8. The predicted molar refractivity (Wildman–Crippen MR) is 177 cm³/mol. The van der Waals surface area contributed by atoms with Gasteiger partial charge in [-0.15, -0.1) is 0 Å². The van der Waals surface area contributed by atoms with Crippen molar-refractivity contribution in [3.05, 3.63) is 46.3 Å². The third-order valence-electron chi connectivity index (χ3n) is 2.79.